The van der Waals surface area contributed by atoms with Crippen LogP contribution in [0.15, 0.2) is 30.3 Å². The van der Waals surface area contributed by atoms with Crippen LogP contribution in [-0.4, -0.2) is 13.0 Å². The van der Waals surface area contributed by atoms with Gasteiger partial charge in [-0.2, -0.15) is 0 Å². The molecule has 4 heteroatoms. The molecule has 1 aliphatic carbocycles. The number of rotatable bonds is 3. The molecule has 0 atom stereocenters. The van der Waals surface area contributed by atoms with Crippen LogP contribution in [0.3, 0.4) is 0 Å². The number of ether oxygens (including phenoxy) is 1. The monoisotopic (exact) mass is 367 g/mol. The first-order valence-electron chi connectivity index (χ1n) is 9.09. The minimum absolute atomic E-state index is 0.0800. The molecule has 1 heterocycles. The zero-order valence-electron chi connectivity index (χ0n) is 15.1. The van der Waals surface area contributed by atoms with Gasteiger partial charge in [0.2, 0.25) is 0 Å². The SMILES string of the molecule is COc1ccc(C=C2C(=O)Nc3ccc(Cl)c(C)c32)cc1C1CCCC1. The van der Waals surface area contributed by atoms with Crippen molar-refractivity contribution in [1.29, 1.82) is 0 Å². The third-order valence-electron chi connectivity index (χ3n) is 5.52. The highest BCUT2D eigenvalue weighted by molar-refractivity contribution is 6.37. The molecule has 0 spiro atoms. The van der Waals surface area contributed by atoms with Crippen LogP contribution >= 0.6 is 11.6 Å². The van der Waals surface area contributed by atoms with Crippen LogP contribution in [0.2, 0.25) is 5.02 Å². The van der Waals surface area contributed by atoms with Gasteiger partial charge in [0.05, 0.1) is 7.11 Å². The summed E-state index contributed by atoms with van der Waals surface area (Å²) in [5, 5.41) is 3.61. The molecule has 2 aliphatic rings. The van der Waals surface area contributed by atoms with Crippen molar-refractivity contribution in [2.24, 2.45) is 0 Å². The molecule has 134 valence electrons. The molecule has 4 rings (SSSR count). The molecule has 26 heavy (non-hydrogen) atoms. The molecule has 1 fully saturated rings. The maximum absolute atomic E-state index is 12.5. The largest absolute Gasteiger partial charge is 0.496 e. The lowest BCUT2D eigenvalue weighted by molar-refractivity contribution is -0.110. The summed E-state index contributed by atoms with van der Waals surface area (Å²) < 4.78 is 5.58. The fraction of sp³-hybridized carbons (Fsp3) is 0.318. The maximum atomic E-state index is 12.5. The molecule has 2 aromatic carbocycles. The van der Waals surface area contributed by atoms with E-state index >= 15 is 0 Å². The number of carbonyl (C=O) groups is 1. The predicted molar refractivity (Wildman–Crippen MR) is 107 cm³/mol. The normalized spacial score (nSPS) is 18.3. The van der Waals surface area contributed by atoms with Crippen molar-refractivity contribution in [3.05, 3.63) is 57.6 Å². The fourth-order valence-electron chi connectivity index (χ4n) is 4.14. The van der Waals surface area contributed by atoms with E-state index in [-0.39, 0.29) is 5.91 Å². The molecule has 1 aliphatic heterocycles. The van der Waals surface area contributed by atoms with Gasteiger partial charge in [0.25, 0.3) is 5.91 Å². The standard InChI is InChI=1S/C22H22ClNO2/c1-13-18(23)8-9-19-21(13)17(22(25)24-19)12-14-7-10-20(26-2)16(11-14)15-5-3-4-6-15/h7-12,15H,3-6H2,1-2H3,(H,24,25). The summed E-state index contributed by atoms with van der Waals surface area (Å²) in [5.41, 5.74) is 5.60. The van der Waals surface area contributed by atoms with Gasteiger partial charge >= 0.3 is 0 Å². The van der Waals surface area contributed by atoms with E-state index in [9.17, 15) is 4.79 Å². The molecular formula is C22H22ClNO2. The first kappa shape index (κ1) is 17.2. The lowest BCUT2D eigenvalue weighted by Gasteiger charge is -2.15. The first-order valence-corrected chi connectivity index (χ1v) is 9.46. The van der Waals surface area contributed by atoms with E-state index < -0.39 is 0 Å². The number of anilines is 1. The topological polar surface area (TPSA) is 38.3 Å². The fourth-order valence-corrected chi connectivity index (χ4v) is 4.30. The summed E-state index contributed by atoms with van der Waals surface area (Å²) in [4.78, 5) is 12.5. The minimum atomic E-state index is -0.0800. The van der Waals surface area contributed by atoms with Crippen LogP contribution in [0.4, 0.5) is 5.69 Å². The van der Waals surface area contributed by atoms with Crippen molar-refractivity contribution in [3.8, 4) is 5.75 Å². The molecule has 0 unspecified atom stereocenters. The summed E-state index contributed by atoms with van der Waals surface area (Å²) in [6.45, 7) is 1.95. The van der Waals surface area contributed by atoms with Gasteiger partial charge in [0.1, 0.15) is 5.75 Å². The third kappa shape index (κ3) is 2.90. The zero-order valence-corrected chi connectivity index (χ0v) is 15.8. The summed E-state index contributed by atoms with van der Waals surface area (Å²) >= 11 is 6.28. The Kier molecular flexibility index (Phi) is 4.49. The van der Waals surface area contributed by atoms with Crippen molar-refractivity contribution < 1.29 is 9.53 Å². The van der Waals surface area contributed by atoms with E-state index in [0.29, 0.717) is 16.5 Å². The molecule has 0 bridgehead atoms. The molecule has 0 radical (unpaired) electrons. The maximum Gasteiger partial charge on any atom is 0.256 e. The zero-order chi connectivity index (χ0) is 18.3. The molecule has 2 aromatic rings. The average molecular weight is 368 g/mol. The lowest BCUT2D eigenvalue weighted by Crippen LogP contribution is -2.04. The van der Waals surface area contributed by atoms with Gasteiger partial charge in [-0.15, -0.1) is 0 Å². The lowest BCUT2D eigenvalue weighted by atomic mass is 9.93. The second kappa shape index (κ2) is 6.81. The number of halogens is 1. The third-order valence-corrected chi connectivity index (χ3v) is 5.93. The first-order chi connectivity index (χ1) is 12.6. The number of fused-ring (bicyclic) bond motifs is 1. The molecular weight excluding hydrogens is 346 g/mol. The predicted octanol–water partition coefficient (Wildman–Crippen LogP) is 5.81. The average Bonchev–Trinajstić information content (AvgIpc) is 3.27. The highest BCUT2D eigenvalue weighted by atomic mass is 35.5. The Hall–Kier alpha value is -2.26. The number of carbonyl (C=O) groups excluding carboxylic acids is 1. The quantitative estimate of drug-likeness (QED) is 0.695. The second-order valence-electron chi connectivity index (χ2n) is 7.09. The summed E-state index contributed by atoms with van der Waals surface area (Å²) in [6, 6.07) is 9.88. The van der Waals surface area contributed by atoms with E-state index in [1.54, 1.807) is 7.11 Å². The van der Waals surface area contributed by atoms with Gasteiger partial charge in [0.15, 0.2) is 0 Å². The molecule has 1 saturated carbocycles. The molecule has 0 saturated heterocycles. The van der Waals surface area contributed by atoms with E-state index in [1.807, 2.05) is 37.3 Å². The minimum Gasteiger partial charge on any atom is -0.496 e. The van der Waals surface area contributed by atoms with Crippen molar-refractivity contribution in [2.45, 2.75) is 38.5 Å². The van der Waals surface area contributed by atoms with E-state index in [2.05, 4.69) is 11.4 Å². The van der Waals surface area contributed by atoms with E-state index in [1.165, 1.54) is 31.2 Å². The Morgan fingerprint density at radius 1 is 1.19 bits per heavy atom. The number of methoxy groups -OCH3 is 1. The highest BCUT2D eigenvalue weighted by Gasteiger charge is 2.27. The Bertz CT molecular complexity index is 911. The van der Waals surface area contributed by atoms with Crippen molar-refractivity contribution >= 4 is 34.8 Å². The summed E-state index contributed by atoms with van der Waals surface area (Å²) in [5.74, 6) is 1.40. The molecule has 1 amide bonds. The number of hydrogen-bond donors (Lipinski definition) is 1. The number of amides is 1. The Labute approximate surface area is 159 Å². The van der Waals surface area contributed by atoms with E-state index in [0.717, 1.165) is 28.1 Å². The van der Waals surface area contributed by atoms with Gasteiger partial charge in [-0.25, -0.2) is 0 Å². The second-order valence-corrected chi connectivity index (χ2v) is 7.50. The van der Waals surface area contributed by atoms with Crippen LogP contribution in [-0.2, 0) is 4.79 Å². The highest BCUT2D eigenvalue weighted by Crippen LogP contribution is 2.41. The van der Waals surface area contributed by atoms with Gasteiger partial charge < -0.3 is 10.1 Å². The number of hydrogen-bond acceptors (Lipinski definition) is 2. The van der Waals surface area contributed by atoms with Gasteiger partial charge in [-0.3, -0.25) is 4.79 Å². The van der Waals surface area contributed by atoms with Gasteiger partial charge in [0, 0.05) is 21.8 Å². The number of benzene rings is 2. The smallest absolute Gasteiger partial charge is 0.256 e. The molecule has 1 N–H and O–H groups in total. The van der Waals surface area contributed by atoms with Gasteiger partial charge in [-0.1, -0.05) is 30.5 Å². The summed E-state index contributed by atoms with van der Waals surface area (Å²) in [6.07, 6.45) is 6.91. The number of nitrogens with one attached hydrogen (secondary N) is 1. The molecule has 0 aromatic heterocycles. The van der Waals surface area contributed by atoms with Crippen LogP contribution in [0.5, 0.6) is 5.75 Å². The van der Waals surface area contributed by atoms with Crippen LogP contribution in [0.1, 0.15) is 53.9 Å². The summed E-state index contributed by atoms with van der Waals surface area (Å²) in [7, 11) is 1.72. The van der Waals surface area contributed by atoms with Crippen molar-refractivity contribution in [3.63, 3.8) is 0 Å². The van der Waals surface area contributed by atoms with Crippen molar-refractivity contribution in [1.82, 2.24) is 0 Å². The molecule has 3 nitrogen and oxygen atoms in total. The van der Waals surface area contributed by atoms with E-state index in [4.69, 9.17) is 16.3 Å². The van der Waals surface area contributed by atoms with Crippen LogP contribution in [0.25, 0.3) is 11.6 Å². The van der Waals surface area contributed by atoms with Crippen LogP contribution in [0, 0.1) is 6.92 Å². The Morgan fingerprint density at radius 3 is 2.69 bits per heavy atom. The van der Waals surface area contributed by atoms with Crippen molar-refractivity contribution in [2.75, 3.05) is 12.4 Å². The van der Waals surface area contributed by atoms with Gasteiger partial charge in [-0.05, 0) is 72.7 Å². The Balaban J connectivity index is 1.79. The van der Waals surface area contributed by atoms with Crippen LogP contribution < -0.4 is 10.1 Å². The Morgan fingerprint density at radius 2 is 1.96 bits per heavy atom.